The maximum absolute atomic E-state index is 12.6. The van der Waals surface area contributed by atoms with E-state index >= 15 is 0 Å². The molecule has 0 fully saturated rings. The molecule has 0 unspecified atom stereocenters. The van der Waals surface area contributed by atoms with E-state index < -0.39 is 0 Å². The van der Waals surface area contributed by atoms with Crippen LogP contribution in [0.15, 0.2) is 72.8 Å². The number of nitrogens with one attached hydrogen (secondary N) is 1. The zero-order chi connectivity index (χ0) is 20.2. The number of amides is 1. The van der Waals surface area contributed by atoms with Gasteiger partial charge in [0.2, 0.25) is 5.91 Å². The Hall–Kier alpha value is -3.18. The minimum absolute atomic E-state index is 0.00949. The standard InChI is InChI=1S/C24H23N3OS/c1-27(2)18-14-11-17(12-15-18)13-16-23(28)25-20-8-4-3-7-19(20)24-26-21-9-5-6-10-22(21)29-24/h3-12,14-15H,13,16H2,1-2H3,(H,25,28). The lowest BCUT2D eigenvalue weighted by Gasteiger charge is -2.13. The van der Waals surface area contributed by atoms with Crippen molar-refractivity contribution in [2.75, 3.05) is 24.3 Å². The second kappa shape index (κ2) is 8.45. The molecule has 0 aliphatic carbocycles. The summed E-state index contributed by atoms with van der Waals surface area (Å²) in [7, 11) is 4.04. The van der Waals surface area contributed by atoms with Crippen molar-refractivity contribution in [2.45, 2.75) is 12.8 Å². The average Bonchev–Trinajstić information content (AvgIpc) is 3.17. The SMILES string of the molecule is CN(C)c1ccc(CCC(=O)Nc2ccccc2-c2nc3ccccc3s2)cc1. The second-order valence-corrected chi connectivity index (χ2v) is 8.17. The number of carbonyl (C=O) groups is 1. The van der Waals surface area contributed by atoms with E-state index in [4.69, 9.17) is 4.98 Å². The molecule has 4 nitrogen and oxygen atoms in total. The number of aromatic nitrogens is 1. The van der Waals surface area contributed by atoms with Crippen molar-refractivity contribution in [3.8, 4) is 10.6 Å². The largest absolute Gasteiger partial charge is 0.378 e. The van der Waals surface area contributed by atoms with Gasteiger partial charge in [0.1, 0.15) is 5.01 Å². The summed E-state index contributed by atoms with van der Waals surface area (Å²) in [6.45, 7) is 0. The third-order valence-corrected chi connectivity index (χ3v) is 5.89. The topological polar surface area (TPSA) is 45.2 Å². The molecule has 3 aromatic carbocycles. The van der Waals surface area contributed by atoms with Crippen LogP contribution in [0.25, 0.3) is 20.8 Å². The fraction of sp³-hybridized carbons (Fsp3) is 0.167. The van der Waals surface area contributed by atoms with Crippen LogP contribution in [-0.2, 0) is 11.2 Å². The van der Waals surface area contributed by atoms with Gasteiger partial charge >= 0.3 is 0 Å². The summed E-state index contributed by atoms with van der Waals surface area (Å²) in [6, 6.07) is 24.3. The van der Waals surface area contributed by atoms with Crippen LogP contribution in [0.3, 0.4) is 0 Å². The molecule has 4 aromatic rings. The van der Waals surface area contributed by atoms with Crippen LogP contribution in [0.2, 0.25) is 0 Å². The van der Waals surface area contributed by atoms with E-state index in [1.165, 1.54) is 0 Å². The second-order valence-electron chi connectivity index (χ2n) is 7.14. The highest BCUT2D eigenvalue weighted by Gasteiger charge is 2.12. The molecule has 0 saturated heterocycles. The maximum atomic E-state index is 12.6. The molecule has 0 atom stereocenters. The van der Waals surface area contributed by atoms with Crippen molar-refractivity contribution >= 4 is 38.8 Å². The summed E-state index contributed by atoms with van der Waals surface area (Å²) in [4.78, 5) is 19.4. The average molecular weight is 402 g/mol. The predicted octanol–water partition coefficient (Wildman–Crippen LogP) is 5.60. The molecular weight excluding hydrogens is 378 g/mol. The van der Waals surface area contributed by atoms with Crippen molar-refractivity contribution in [1.29, 1.82) is 0 Å². The van der Waals surface area contributed by atoms with Crippen LogP contribution in [-0.4, -0.2) is 25.0 Å². The van der Waals surface area contributed by atoms with Gasteiger partial charge in [-0.15, -0.1) is 11.3 Å². The zero-order valence-corrected chi connectivity index (χ0v) is 17.4. The summed E-state index contributed by atoms with van der Waals surface area (Å²) in [6.07, 6.45) is 1.15. The number of rotatable bonds is 6. The summed E-state index contributed by atoms with van der Waals surface area (Å²) in [5.41, 5.74) is 5.06. The third kappa shape index (κ3) is 4.46. The number of hydrogen-bond donors (Lipinski definition) is 1. The van der Waals surface area contributed by atoms with E-state index in [1.807, 2.05) is 56.6 Å². The molecule has 1 amide bonds. The van der Waals surface area contributed by atoms with E-state index in [1.54, 1.807) is 11.3 Å². The van der Waals surface area contributed by atoms with Gasteiger partial charge in [-0.1, -0.05) is 36.4 Å². The number of hydrogen-bond acceptors (Lipinski definition) is 4. The summed E-state index contributed by atoms with van der Waals surface area (Å²) in [5, 5.41) is 3.99. The lowest BCUT2D eigenvalue weighted by atomic mass is 10.1. The molecule has 0 spiro atoms. The van der Waals surface area contributed by atoms with Crippen molar-refractivity contribution in [2.24, 2.45) is 0 Å². The van der Waals surface area contributed by atoms with Crippen LogP contribution in [0.5, 0.6) is 0 Å². The van der Waals surface area contributed by atoms with Crippen LogP contribution < -0.4 is 10.2 Å². The molecule has 29 heavy (non-hydrogen) atoms. The van der Waals surface area contributed by atoms with Crippen molar-refractivity contribution < 1.29 is 4.79 Å². The Kier molecular flexibility index (Phi) is 5.58. The van der Waals surface area contributed by atoms with Gasteiger partial charge in [-0.3, -0.25) is 4.79 Å². The minimum atomic E-state index is 0.00949. The van der Waals surface area contributed by atoms with Crippen molar-refractivity contribution in [3.05, 3.63) is 78.4 Å². The van der Waals surface area contributed by atoms with E-state index in [0.717, 1.165) is 37.7 Å². The minimum Gasteiger partial charge on any atom is -0.378 e. The maximum Gasteiger partial charge on any atom is 0.224 e. The number of carbonyl (C=O) groups excluding carboxylic acids is 1. The Morgan fingerprint density at radius 1 is 0.966 bits per heavy atom. The molecule has 0 aliphatic rings. The normalized spacial score (nSPS) is 10.8. The van der Waals surface area contributed by atoms with E-state index in [0.29, 0.717) is 12.8 Å². The Bertz CT molecular complexity index is 1100. The number of thiazole rings is 1. The molecule has 0 aliphatic heterocycles. The fourth-order valence-electron chi connectivity index (χ4n) is 3.20. The van der Waals surface area contributed by atoms with E-state index in [2.05, 4.69) is 40.5 Å². The quantitative estimate of drug-likeness (QED) is 0.457. The summed E-state index contributed by atoms with van der Waals surface area (Å²) in [5.74, 6) is 0.00949. The molecule has 1 N–H and O–H groups in total. The highest BCUT2D eigenvalue weighted by molar-refractivity contribution is 7.21. The molecule has 0 radical (unpaired) electrons. The van der Waals surface area contributed by atoms with Crippen LogP contribution in [0, 0.1) is 0 Å². The van der Waals surface area contributed by atoms with Gasteiger partial charge in [-0.25, -0.2) is 4.98 Å². The predicted molar refractivity (Wildman–Crippen MR) is 123 cm³/mol. The molecule has 4 rings (SSSR count). The van der Waals surface area contributed by atoms with Crippen LogP contribution in [0.4, 0.5) is 11.4 Å². The first-order valence-corrected chi connectivity index (χ1v) is 10.4. The van der Waals surface area contributed by atoms with Gasteiger partial charge in [0.05, 0.1) is 15.9 Å². The van der Waals surface area contributed by atoms with Crippen molar-refractivity contribution in [3.63, 3.8) is 0 Å². The first-order chi connectivity index (χ1) is 14.1. The first-order valence-electron chi connectivity index (χ1n) is 9.61. The lowest BCUT2D eigenvalue weighted by Crippen LogP contribution is -2.13. The smallest absolute Gasteiger partial charge is 0.224 e. The highest BCUT2D eigenvalue weighted by atomic mass is 32.1. The number of anilines is 2. The Morgan fingerprint density at radius 3 is 2.45 bits per heavy atom. The molecule has 1 aromatic heterocycles. The number of nitrogens with zero attached hydrogens (tertiary/aromatic N) is 2. The summed E-state index contributed by atoms with van der Waals surface area (Å²) >= 11 is 1.64. The molecule has 0 saturated carbocycles. The van der Waals surface area contributed by atoms with Gasteiger partial charge in [0.25, 0.3) is 0 Å². The van der Waals surface area contributed by atoms with E-state index in [-0.39, 0.29) is 5.91 Å². The number of fused-ring (bicyclic) bond motifs is 1. The number of benzene rings is 3. The highest BCUT2D eigenvalue weighted by Crippen LogP contribution is 2.34. The Balaban J connectivity index is 1.46. The van der Waals surface area contributed by atoms with Crippen LogP contribution in [0.1, 0.15) is 12.0 Å². The fourth-order valence-corrected chi connectivity index (χ4v) is 4.20. The molecule has 5 heteroatoms. The van der Waals surface area contributed by atoms with Gasteiger partial charge in [0.15, 0.2) is 0 Å². The number of para-hydroxylation sites is 2. The van der Waals surface area contributed by atoms with Crippen molar-refractivity contribution in [1.82, 2.24) is 4.98 Å². The Morgan fingerprint density at radius 2 is 1.69 bits per heavy atom. The zero-order valence-electron chi connectivity index (χ0n) is 16.6. The molecule has 0 bridgehead atoms. The van der Waals surface area contributed by atoms with Gasteiger partial charge in [0, 0.05) is 31.8 Å². The van der Waals surface area contributed by atoms with E-state index in [9.17, 15) is 4.79 Å². The third-order valence-electron chi connectivity index (χ3n) is 4.82. The van der Waals surface area contributed by atoms with Gasteiger partial charge in [-0.2, -0.15) is 0 Å². The van der Waals surface area contributed by atoms with Gasteiger partial charge < -0.3 is 10.2 Å². The molecule has 146 valence electrons. The molecular formula is C24H23N3OS. The lowest BCUT2D eigenvalue weighted by molar-refractivity contribution is -0.116. The first kappa shape index (κ1) is 19.2. The Labute approximate surface area is 174 Å². The summed E-state index contributed by atoms with van der Waals surface area (Å²) < 4.78 is 1.14. The number of aryl methyl sites for hydroxylation is 1. The van der Waals surface area contributed by atoms with Crippen LogP contribution >= 0.6 is 11.3 Å². The molecule has 1 heterocycles. The monoisotopic (exact) mass is 401 g/mol. The van der Waals surface area contributed by atoms with Gasteiger partial charge in [-0.05, 0) is 48.4 Å².